The van der Waals surface area contributed by atoms with Crippen LogP contribution in [0.2, 0.25) is 0 Å². The van der Waals surface area contributed by atoms with Gasteiger partial charge in [-0.25, -0.2) is 0 Å². The lowest BCUT2D eigenvalue weighted by atomic mass is 9.80. The van der Waals surface area contributed by atoms with Gasteiger partial charge in [0.25, 0.3) is 0 Å². The lowest BCUT2D eigenvalue weighted by Gasteiger charge is -2.16. The van der Waals surface area contributed by atoms with Crippen LogP contribution in [0.4, 0.5) is 11.4 Å². The van der Waals surface area contributed by atoms with Gasteiger partial charge in [0.2, 0.25) is 5.69 Å². The monoisotopic (exact) mass is 436 g/mol. The van der Waals surface area contributed by atoms with E-state index in [4.69, 9.17) is 0 Å². The maximum absolute atomic E-state index is 9.72. The van der Waals surface area contributed by atoms with Gasteiger partial charge in [-0.2, -0.15) is 20.4 Å². The zero-order valence-corrected chi connectivity index (χ0v) is 19.3. The number of hydrogen-bond acceptors (Lipinski definition) is 5. The van der Waals surface area contributed by atoms with Crippen molar-refractivity contribution in [3.63, 3.8) is 0 Å². The smallest absolute Gasteiger partial charge is 0.209 e. The van der Waals surface area contributed by atoms with Crippen molar-refractivity contribution in [2.24, 2.45) is 0 Å². The first-order valence-electron chi connectivity index (χ1n) is 10.6. The van der Waals surface area contributed by atoms with E-state index in [1.54, 1.807) is 6.07 Å². The van der Waals surface area contributed by atoms with Crippen LogP contribution in [0, 0.1) is 34.0 Å². The van der Waals surface area contributed by atoms with Crippen molar-refractivity contribution in [3.05, 3.63) is 70.8 Å². The predicted octanol–water partition coefficient (Wildman–Crippen LogP) is 4.16. The van der Waals surface area contributed by atoms with Crippen molar-refractivity contribution < 1.29 is 9.68 Å². The molecule has 0 amide bonds. The molecule has 0 radical (unpaired) electrons. The number of allylic oxidation sites excluding steroid dienone is 3. The lowest BCUT2D eigenvalue weighted by Crippen LogP contribution is -2.28. The zero-order valence-electron chi connectivity index (χ0n) is 19.3. The number of nitrogens with zero attached hydrogens (tertiary/aromatic N) is 5. The van der Waals surface area contributed by atoms with Crippen LogP contribution >= 0.6 is 0 Å². The molecule has 0 aliphatic carbocycles. The molecule has 0 spiro atoms. The Labute approximate surface area is 194 Å². The molecule has 0 fully saturated rings. The molecule has 0 aromatic heterocycles. The fourth-order valence-corrected chi connectivity index (χ4v) is 4.13. The van der Waals surface area contributed by atoms with Gasteiger partial charge in [-0.1, -0.05) is 12.1 Å². The second-order valence-corrected chi connectivity index (χ2v) is 8.52. The Bertz CT molecular complexity index is 1270. The molecule has 2 aromatic carbocycles. The lowest BCUT2D eigenvalue weighted by molar-refractivity contribution is -0.440. The molecule has 1 heterocycles. The summed E-state index contributed by atoms with van der Waals surface area (Å²) in [5.41, 5.74) is 5.10. The number of benzene rings is 2. The predicted molar refractivity (Wildman–Crippen MR) is 130 cm³/mol. The summed E-state index contributed by atoms with van der Waals surface area (Å²) >= 11 is 0. The highest BCUT2D eigenvalue weighted by molar-refractivity contribution is 6.05. The summed E-state index contributed by atoms with van der Waals surface area (Å²) < 4.78 is 2.08. The van der Waals surface area contributed by atoms with Crippen molar-refractivity contribution in [2.45, 2.75) is 19.3 Å². The number of fused-ring (bicyclic) bond motifs is 1. The molecule has 1 aliphatic rings. The molecule has 0 bridgehead atoms. The number of anilines is 1. The number of aliphatic hydroxyl groups excluding tert-OH is 1. The molecule has 1 N–H and O–H groups in total. The van der Waals surface area contributed by atoms with Gasteiger partial charge in [-0.15, -0.1) is 0 Å². The van der Waals surface area contributed by atoms with E-state index in [2.05, 4.69) is 54.8 Å². The molecule has 1 aliphatic heterocycles. The Hall–Kier alpha value is -4.18. The van der Waals surface area contributed by atoms with Crippen LogP contribution in [0.5, 0.6) is 0 Å². The quantitative estimate of drug-likeness (QED) is 0.542. The SMILES string of the molecule is CN(C)c1ccc(/C=C/C2=[N+](CCO)c3ccc(C(C#N)=C(C#N)C#N)cc3C2(C)C)cc1. The molecule has 3 rings (SSSR count). The van der Waals surface area contributed by atoms with Crippen LogP contribution in [0.15, 0.2) is 54.1 Å². The minimum atomic E-state index is -0.416. The van der Waals surface area contributed by atoms with Gasteiger partial charge in [-0.05, 0) is 55.3 Å². The van der Waals surface area contributed by atoms with E-state index in [0.717, 1.165) is 28.2 Å². The van der Waals surface area contributed by atoms with Crippen molar-refractivity contribution in [3.8, 4) is 18.2 Å². The summed E-state index contributed by atoms with van der Waals surface area (Å²) in [5.74, 6) is 0. The summed E-state index contributed by atoms with van der Waals surface area (Å²) in [4.78, 5) is 2.05. The minimum absolute atomic E-state index is 0.0114. The number of nitriles is 3. The van der Waals surface area contributed by atoms with E-state index in [0.29, 0.717) is 12.1 Å². The third-order valence-corrected chi connectivity index (χ3v) is 5.93. The molecule has 0 unspecified atom stereocenters. The van der Waals surface area contributed by atoms with Crippen LogP contribution in [0.1, 0.15) is 30.5 Å². The summed E-state index contributed by atoms with van der Waals surface area (Å²) in [5, 5.41) is 37.8. The van der Waals surface area contributed by atoms with Crippen LogP contribution in [-0.4, -0.2) is 42.6 Å². The van der Waals surface area contributed by atoms with E-state index in [9.17, 15) is 20.9 Å². The topological polar surface area (TPSA) is 97.8 Å². The van der Waals surface area contributed by atoms with Crippen molar-refractivity contribution in [2.75, 3.05) is 32.1 Å². The van der Waals surface area contributed by atoms with Crippen LogP contribution in [-0.2, 0) is 5.41 Å². The van der Waals surface area contributed by atoms with Gasteiger partial charge in [0.15, 0.2) is 12.3 Å². The summed E-state index contributed by atoms with van der Waals surface area (Å²) in [6.45, 7) is 4.60. The van der Waals surface area contributed by atoms with Gasteiger partial charge in [0.1, 0.15) is 30.4 Å². The average molecular weight is 437 g/mol. The highest BCUT2D eigenvalue weighted by atomic mass is 16.3. The average Bonchev–Trinajstić information content (AvgIpc) is 3.02. The molecule has 6 nitrogen and oxygen atoms in total. The summed E-state index contributed by atoms with van der Waals surface area (Å²) in [6.07, 6.45) is 4.12. The highest BCUT2D eigenvalue weighted by Crippen LogP contribution is 2.41. The molecule has 0 saturated heterocycles. The molecular formula is C27H26N5O+. The van der Waals surface area contributed by atoms with Crippen LogP contribution in [0.3, 0.4) is 0 Å². The second kappa shape index (κ2) is 9.53. The Morgan fingerprint density at radius 2 is 1.67 bits per heavy atom. The standard InChI is InChI=1S/C27H26N5O/c1-27(2)24-15-20(23(18-30)21(16-28)17-29)8-11-25(24)32(13-14-33)26(27)12-7-19-5-9-22(10-6-19)31(3)4/h5-12,15,33H,13-14H2,1-4H3/q+1. The number of aliphatic hydroxyl groups is 1. The van der Waals surface area contributed by atoms with E-state index in [1.165, 1.54) is 0 Å². The zero-order chi connectivity index (χ0) is 24.2. The Morgan fingerprint density at radius 3 is 2.21 bits per heavy atom. The van der Waals surface area contributed by atoms with E-state index < -0.39 is 5.41 Å². The Morgan fingerprint density at radius 1 is 1.00 bits per heavy atom. The molecule has 6 heteroatoms. The van der Waals surface area contributed by atoms with E-state index in [1.807, 2.05) is 49.3 Å². The van der Waals surface area contributed by atoms with Gasteiger partial charge < -0.3 is 10.0 Å². The molecular weight excluding hydrogens is 410 g/mol. The van der Waals surface area contributed by atoms with Crippen molar-refractivity contribution in [1.82, 2.24) is 0 Å². The highest BCUT2D eigenvalue weighted by Gasteiger charge is 2.44. The van der Waals surface area contributed by atoms with Crippen molar-refractivity contribution >= 4 is 28.7 Å². The van der Waals surface area contributed by atoms with E-state index >= 15 is 0 Å². The fraction of sp³-hybridized carbons (Fsp3) is 0.259. The first-order chi connectivity index (χ1) is 15.8. The van der Waals surface area contributed by atoms with Crippen LogP contribution < -0.4 is 4.90 Å². The van der Waals surface area contributed by atoms with Crippen LogP contribution in [0.25, 0.3) is 11.6 Å². The molecule has 0 atom stereocenters. The minimum Gasteiger partial charge on any atom is -0.390 e. The maximum Gasteiger partial charge on any atom is 0.209 e. The molecule has 33 heavy (non-hydrogen) atoms. The first-order valence-corrected chi connectivity index (χ1v) is 10.6. The molecule has 0 saturated carbocycles. The number of β-amino-alcohol motifs (C(OH)–C–C–N with tert-alkyl or cyclic N) is 1. The van der Waals surface area contributed by atoms with Gasteiger partial charge in [0, 0.05) is 37.5 Å². The van der Waals surface area contributed by atoms with Gasteiger partial charge >= 0.3 is 0 Å². The third kappa shape index (κ3) is 4.41. The summed E-state index contributed by atoms with van der Waals surface area (Å²) in [7, 11) is 4.01. The number of hydrogen-bond donors (Lipinski definition) is 1. The normalized spacial score (nSPS) is 13.8. The van der Waals surface area contributed by atoms with Gasteiger partial charge in [0.05, 0.1) is 11.0 Å². The van der Waals surface area contributed by atoms with Gasteiger partial charge in [-0.3, -0.25) is 0 Å². The molecule has 2 aromatic rings. The van der Waals surface area contributed by atoms with E-state index in [-0.39, 0.29) is 17.8 Å². The fourth-order valence-electron chi connectivity index (χ4n) is 4.13. The Kier molecular flexibility index (Phi) is 6.78. The molecule has 164 valence electrons. The second-order valence-electron chi connectivity index (χ2n) is 8.52. The van der Waals surface area contributed by atoms with Crippen molar-refractivity contribution in [1.29, 1.82) is 15.8 Å². The third-order valence-electron chi connectivity index (χ3n) is 5.93. The maximum atomic E-state index is 9.72. The number of rotatable bonds is 6. The largest absolute Gasteiger partial charge is 0.390 e. The first kappa shape index (κ1) is 23.5. The Balaban J connectivity index is 2.08. The summed E-state index contributed by atoms with van der Waals surface area (Å²) in [6, 6.07) is 19.4.